The number of rotatable bonds is 4. The van der Waals surface area contributed by atoms with Gasteiger partial charge < -0.3 is 5.73 Å². The maximum Gasteiger partial charge on any atom is 0.0702 e. The van der Waals surface area contributed by atoms with Crippen molar-refractivity contribution in [1.29, 1.82) is 0 Å². The Labute approximate surface area is 120 Å². The van der Waals surface area contributed by atoms with Crippen LogP contribution in [0.1, 0.15) is 31.2 Å². The number of hydrogen-bond acceptors (Lipinski definition) is 3. The molecule has 106 valence electrons. The Balaban J connectivity index is 1.77. The van der Waals surface area contributed by atoms with Crippen molar-refractivity contribution in [2.24, 2.45) is 5.73 Å². The normalized spacial score (nSPS) is 20.4. The molecule has 1 aromatic carbocycles. The van der Waals surface area contributed by atoms with Crippen molar-refractivity contribution in [3.8, 4) is 0 Å². The molecule has 1 fully saturated rings. The molecule has 0 spiro atoms. The number of pyridine rings is 1. The molecule has 2 N–H and O–H groups in total. The number of nitrogens with two attached hydrogens (primary N) is 1. The molecule has 0 aliphatic carbocycles. The molecule has 1 atom stereocenters. The van der Waals surface area contributed by atoms with Crippen LogP contribution in [-0.2, 0) is 6.54 Å². The Hall–Kier alpha value is -1.45. The van der Waals surface area contributed by atoms with Crippen LogP contribution in [0, 0.1) is 0 Å². The lowest BCUT2D eigenvalue weighted by Gasteiger charge is -2.35. The molecule has 1 aromatic heterocycles. The zero-order valence-electron chi connectivity index (χ0n) is 12.0. The van der Waals surface area contributed by atoms with Crippen LogP contribution in [0.4, 0.5) is 0 Å². The first-order chi connectivity index (χ1) is 9.86. The maximum atomic E-state index is 5.75. The van der Waals surface area contributed by atoms with E-state index in [1.165, 1.54) is 36.8 Å². The smallest absolute Gasteiger partial charge is 0.0702 e. The summed E-state index contributed by atoms with van der Waals surface area (Å²) in [5.41, 5.74) is 8.22. The van der Waals surface area contributed by atoms with Crippen molar-refractivity contribution < 1.29 is 0 Å². The zero-order valence-corrected chi connectivity index (χ0v) is 12.0. The molecule has 1 aliphatic rings. The minimum absolute atomic E-state index is 0.665. The van der Waals surface area contributed by atoms with Gasteiger partial charge in [-0.05, 0) is 56.1 Å². The Morgan fingerprint density at radius 1 is 1.25 bits per heavy atom. The van der Waals surface area contributed by atoms with Crippen LogP contribution in [0.2, 0.25) is 0 Å². The summed E-state index contributed by atoms with van der Waals surface area (Å²) >= 11 is 0. The van der Waals surface area contributed by atoms with Gasteiger partial charge in [0.15, 0.2) is 0 Å². The van der Waals surface area contributed by atoms with Crippen molar-refractivity contribution in [3.63, 3.8) is 0 Å². The fourth-order valence-electron chi connectivity index (χ4n) is 3.25. The summed E-state index contributed by atoms with van der Waals surface area (Å²) in [7, 11) is 0. The molecule has 3 rings (SSSR count). The molecule has 0 radical (unpaired) electrons. The molecule has 1 unspecified atom stereocenters. The van der Waals surface area contributed by atoms with Gasteiger partial charge in [-0.2, -0.15) is 0 Å². The Bertz CT molecular complexity index is 565. The number of nitrogens with zero attached hydrogens (tertiary/aromatic N) is 2. The average Bonchev–Trinajstić information content (AvgIpc) is 2.49. The molecule has 2 heterocycles. The van der Waals surface area contributed by atoms with Crippen LogP contribution in [0.15, 0.2) is 36.5 Å². The van der Waals surface area contributed by atoms with Crippen LogP contribution in [0.5, 0.6) is 0 Å². The molecule has 20 heavy (non-hydrogen) atoms. The molecule has 3 nitrogen and oxygen atoms in total. The number of fused-ring (bicyclic) bond motifs is 1. The summed E-state index contributed by atoms with van der Waals surface area (Å²) in [5, 5.41) is 1.23. The lowest BCUT2D eigenvalue weighted by Crippen LogP contribution is -2.40. The van der Waals surface area contributed by atoms with Gasteiger partial charge in [-0.15, -0.1) is 0 Å². The maximum absolute atomic E-state index is 5.75. The third-order valence-electron chi connectivity index (χ3n) is 4.30. The second kappa shape index (κ2) is 6.33. The quantitative estimate of drug-likeness (QED) is 0.928. The number of likely N-dealkylation sites (tertiary alicyclic amines) is 1. The first kappa shape index (κ1) is 13.5. The largest absolute Gasteiger partial charge is 0.330 e. The van der Waals surface area contributed by atoms with Gasteiger partial charge in [0.2, 0.25) is 0 Å². The van der Waals surface area contributed by atoms with Gasteiger partial charge >= 0.3 is 0 Å². The van der Waals surface area contributed by atoms with E-state index in [1.807, 2.05) is 12.3 Å². The van der Waals surface area contributed by atoms with Gasteiger partial charge in [0.1, 0.15) is 0 Å². The van der Waals surface area contributed by atoms with E-state index in [-0.39, 0.29) is 0 Å². The summed E-state index contributed by atoms with van der Waals surface area (Å²) in [6, 6.07) is 11.4. The van der Waals surface area contributed by atoms with E-state index in [4.69, 9.17) is 5.73 Å². The van der Waals surface area contributed by atoms with Gasteiger partial charge in [-0.25, -0.2) is 0 Å². The predicted molar refractivity (Wildman–Crippen MR) is 83.5 cm³/mol. The third-order valence-corrected chi connectivity index (χ3v) is 4.30. The van der Waals surface area contributed by atoms with Crippen molar-refractivity contribution in [2.45, 2.75) is 38.3 Å². The monoisotopic (exact) mass is 269 g/mol. The minimum Gasteiger partial charge on any atom is -0.330 e. The topological polar surface area (TPSA) is 42.1 Å². The Morgan fingerprint density at radius 2 is 2.20 bits per heavy atom. The number of benzene rings is 1. The van der Waals surface area contributed by atoms with Crippen molar-refractivity contribution in [3.05, 3.63) is 42.1 Å². The van der Waals surface area contributed by atoms with Gasteiger partial charge in [0.05, 0.1) is 5.52 Å². The molecule has 3 heteroatoms. The highest BCUT2D eigenvalue weighted by Crippen LogP contribution is 2.22. The Kier molecular flexibility index (Phi) is 4.28. The lowest BCUT2D eigenvalue weighted by molar-refractivity contribution is 0.134. The summed E-state index contributed by atoms with van der Waals surface area (Å²) in [6.07, 6.45) is 6.93. The number of hydrogen-bond donors (Lipinski definition) is 1. The second-order valence-corrected chi connectivity index (χ2v) is 5.73. The fourth-order valence-corrected chi connectivity index (χ4v) is 3.25. The first-order valence-electron chi connectivity index (χ1n) is 7.64. The molecule has 0 amide bonds. The lowest BCUT2D eigenvalue weighted by atomic mass is 9.98. The zero-order chi connectivity index (χ0) is 13.8. The highest BCUT2D eigenvalue weighted by Gasteiger charge is 2.21. The summed E-state index contributed by atoms with van der Waals surface area (Å²) in [5.74, 6) is 0. The van der Waals surface area contributed by atoms with Crippen molar-refractivity contribution >= 4 is 10.9 Å². The third kappa shape index (κ3) is 3.00. The van der Waals surface area contributed by atoms with E-state index in [0.717, 1.165) is 25.0 Å². The first-order valence-corrected chi connectivity index (χ1v) is 7.64. The van der Waals surface area contributed by atoms with Gasteiger partial charge in [0, 0.05) is 24.2 Å². The minimum atomic E-state index is 0.665. The van der Waals surface area contributed by atoms with E-state index in [1.54, 1.807) is 0 Å². The predicted octanol–water partition coefficient (Wildman–Crippen LogP) is 2.94. The fraction of sp³-hybridized carbons (Fsp3) is 0.471. The average molecular weight is 269 g/mol. The Morgan fingerprint density at radius 3 is 3.10 bits per heavy atom. The SMILES string of the molecule is NCCC1CCCCN1Cc1ccc2ncccc2c1. The van der Waals surface area contributed by atoms with Gasteiger partial charge in [0.25, 0.3) is 0 Å². The molecule has 1 saturated heterocycles. The van der Waals surface area contributed by atoms with Crippen LogP contribution in [0.3, 0.4) is 0 Å². The van der Waals surface area contributed by atoms with Crippen LogP contribution < -0.4 is 5.73 Å². The van der Waals surface area contributed by atoms with E-state index >= 15 is 0 Å². The summed E-state index contributed by atoms with van der Waals surface area (Å²) in [6.45, 7) is 3.04. The van der Waals surface area contributed by atoms with E-state index in [0.29, 0.717) is 6.04 Å². The highest BCUT2D eigenvalue weighted by atomic mass is 15.2. The molecule has 1 aliphatic heterocycles. The second-order valence-electron chi connectivity index (χ2n) is 5.73. The summed E-state index contributed by atoms with van der Waals surface area (Å²) < 4.78 is 0. The van der Waals surface area contributed by atoms with Gasteiger partial charge in [-0.3, -0.25) is 9.88 Å². The molecule has 0 saturated carbocycles. The van der Waals surface area contributed by atoms with E-state index in [2.05, 4.69) is 34.1 Å². The van der Waals surface area contributed by atoms with E-state index in [9.17, 15) is 0 Å². The molecular weight excluding hydrogens is 246 g/mol. The van der Waals surface area contributed by atoms with Crippen LogP contribution in [-0.4, -0.2) is 29.0 Å². The van der Waals surface area contributed by atoms with Crippen molar-refractivity contribution in [1.82, 2.24) is 9.88 Å². The van der Waals surface area contributed by atoms with Crippen molar-refractivity contribution in [2.75, 3.05) is 13.1 Å². The summed E-state index contributed by atoms with van der Waals surface area (Å²) in [4.78, 5) is 6.99. The number of piperidine rings is 1. The highest BCUT2D eigenvalue weighted by molar-refractivity contribution is 5.78. The van der Waals surface area contributed by atoms with Gasteiger partial charge in [-0.1, -0.05) is 18.6 Å². The molecule has 0 bridgehead atoms. The standard InChI is InChI=1S/C17H23N3/c18-9-8-16-5-1-2-11-20(16)13-14-6-7-17-15(12-14)4-3-10-19-17/h3-4,6-7,10,12,16H,1-2,5,8-9,11,13,18H2. The van der Waals surface area contributed by atoms with E-state index < -0.39 is 0 Å². The molecular formula is C17H23N3. The van der Waals surface area contributed by atoms with Crippen LogP contribution >= 0.6 is 0 Å². The molecule has 2 aromatic rings. The number of aromatic nitrogens is 1. The van der Waals surface area contributed by atoms with Crippen LogP contribution in [0.25, 0.3) is 10.9 Å².